The lowest BCUT2D eigenvalue weighted by Crippen LogP contribution is -2.42. The summed E-state index contributed by atoms with van der Waals surface area (Å²) >= 11 is 0. The molecule has 0 bridgehead atoms. The first-order chi connectivity index (χ1) is 13.0. The second kappa shape index (κ2) is 8.45. The van der Waals surface area contributed by atoms with Crippen LogP contribution in [0.3, 0.4) is 0 Å². The number of aliphatic hydroxyl groups is 1. The Balaban J connectivity index is 1.87. The molecule has 1 aromatic carbocycles. The van der Waals surface area contributed by atoms with E-state index in [4.69, 9.17) is 5.11 Å². The van der Waals surface area contributed by atoms with Gasteiger partial charge in [0.1, 0.15) is 6.61 Å². The fraction of sp³-hybridized carbons (Fsp3) is 0.450. The zero-order valence-corrected chi connectivity index (χ0v) is 15.7. The number of pyridine rings is 1. The van der Waals surface area contributed by atoms with Crippen molar-refractivity contribution in [2.45, 2.75) is 38.9 Å². The number of likely N-dealkylation sites (tertiary alicyclic amines) is 1. The second-order valence-corrected chi connectivity index (χ2v) is 6.93. The van der Waals surface area contributed by atoms with E-state index >= 15 is 0 Å². The van der Waals surface area contributed by atoms with Crippen LogP contribution in [-0.2, 0) is 16.1 Å². The predicted molar refractivity (Wildman–Crippen MR) is 103 cm³/mol. The number of nitrogens with zero attached hydrogens (tertiary/aromatic N) is 2. The number of hydrogen-bond acceptors (Lipinski definition) is 5. The highest BCUT2D eigenvalue weighted by molar-refractivity contribution is 5.84. The summed E-state index contributed by atoms with van der Waals surface area (Å²) in [7, 11) is 0. The lowest BCUT2D eigenvalue weighted by Gasteiger charge is -2.25. The van der Waals surface area contributed by atoms with Gasteiger partial charge >= 0.3 is 0 Å². The van der Waals surface area contributed by atoms with Crippen LogP contribution in [0.25, 0.3) is 10.9 Å². The maximum Gasteiger partial charge on any atom is 0.245 e. The fourth-order valence-electron chi connectivity index (χ4n) is 3.76. The van der Waals surface area contributed by atoms with E-state index in [1.165, 1.54) is 0 Å². The predicted octanol–water partition coefficient (Wildman–Crippen LogP) is 0.731. The van der Waals surface area contributed by atoms with Gasteiger partial charge in [-0.15, -0.1) is 0 Å². The van der Waals surface area contributed by atoms with Gasteiger partial charge in [-0.05, 0) is 43.5 Å². The molecule has 0 saturated carbocycles. The maximum atomic E-state index is 12.6. The van der Waals surface area contributed by atoms with E-state index in [1.54, 1.807) is 6.20 Å². The summed E-state index contributed by atoms with van der Waals surface area (Å²) in [6.45, 7) is 5.13. The van der Waals surface area contributed by atoms with Gasteiger partial charge in [0.15, 0.2) is 0 Å². The van der Waals surface area contributed by atoms with Crippen molar-refractivity contribution in [3.05, 3.63) is 41.6 Å². The van der Waals surface area contributed by atoms with Crippen molar-refractivity contribution < 1.29 is 14.7 Å². The van der Waals surface area contributed by atoms with E-state index in [1.807, 2.05) is 31.2 Å². The SMILES string of the molecule is CCNC(=O)[C@@H]1C[C@H](NC(=O)CO)CN1Cc1c(C)ccc2ncccc12. The number of amides is 2. The number of aromatic nitrogens is 1. The molecule has 7 heteroatoms. The molecule has 27 heavy (non-hydrogen) atoms. The Bertz CT molecular complexity index is 839. The molecule has 7 nitrogen and oxygen atoms in total. The maximum absolute atomic E-state index is 12.6. The summed E-state index contributed by atoms with van der Waals surface area (Å²) in [6, 6.07) is 7.54. The number of benzene rings is 1. The average molecular weight is 370 g/mol. The molecule has 2 amide bonds. The molecule has 1 aliphatic heterocycles. The number of carbonyl (C=O) groups is 2. The molecular weight excluding hydrogens is 344 g/mol. The van der Waals surface area contributed by atoms with Crippen molar-refractivity contribution in [2.75, 3.05) is 19.7 Å². The third-order valence-corrected chi connectivity index (χ3v) is 5.06. The van der Waals surface area contributed by atoms with Crippen LogP contribution in [0.5, 0.6) is 0 Å². The summed E-state index contributed by atoms with van der Waals surface area (Å²) in [5.41, 5.74) is 3.22. The fourth-order valence-corrected chi connectivity index (χ4v) is 3.76. The molecule has 1 fully saturated rings. The minimum absolute atomic E-state index is 0.0331. The molecule has 2 heterocycles. The van der Waals surface area contributed by atoms with Gasteiger partial charge in [0.25, 0.3) is 0 Å². The van der Waals surface area contributed by atoms with Crippen molar-refractivity contribution in [3.8, 4) is 0 Å². The monoisotopic (exact) mass is 370 g/mol. The molecule has 1 aliphatic rings. The molecule has 0 spiro atoms. The number of aryl methyl sites for hydroxylation is 1. The molecule has 0 unspecified atom stereocenters. The Labute approximate surface area is 158 Å². The second-order valence-electron chi connectivity index (χ2n) is 6.93. The zero-order valence-electron chi connectivity index (χ0n) is 15.7. The summed E-state index contributed by atoms with van der Waals surface area (Å²) < 4.78 is 0. The van der Waals surface area contributed by atoms with E-state index < -0.39 is 12.5 Å². The minimum atomic E-state index is -0.545. The molecule has 144 valence electrons. The standard InChI is InChI=1S/C20H26N4O3/c1-3-21-20(27)18-9-14(23-19(26)12-25)10-24(18)11-16-13(2)6-7-17-15(16)5-4-8-22-17/h4-8,14,18,25H,3,9-12H2,1-2H3,(H,21,27)(H,23,26)/t14-,18-/m0/s1. The van der Waals surface area contributed by atoms with Gasteiger partial charge in [-0.2, -0.15) is 0 Å². The number of rotatable bonds is 6. The van der Waals surface area contributed by atoms with Crippen LogP contribution >= 0.6 is 0 Å². The van der Waals surface area contributed by atoms with Gasteiger partial charge in [0.05, 0.1) is 11.6 Å². The molecule has 0 radical (unpaired) electrons. The Morgan fingerprint density at radius 2 is 2.15 bits per heavy atom. The van der Waals surface area contributed by atoms with Crippen LogP contribution in [-0.4, -0.2) is 58.6 Å². The van der Waals surface area contributed by atoms with E-state index in [0.717, 1.165) is 22.0 Å². The first-order valence-corrected chi connectivity index (χ1v) is 9.28. The normalized spacial score (nSPS) is 20.0. The minimum Gasteiger partial charge on any atom is -0.387 e. The van der Waals surface area contributed by atoms with E-state index in [9.17, 15) is 9.59 Å². The van der Waals surface area contributed by atoms with Crippen LogP contribution in [0.1, 0.15) is 24.5 Å². The number of likely N-dealkylation sites (N-methyl/N-ethyl adjacent to an activating group) is 1. The lowest BCUT2D eigenvalue weighted by molar-refractivity contribution is -0.126. The smallest absolute Gasteiger partial charge is 0.245 e. The number of hydrogen-bond donors (Lipinski definition) is 3. The molecule has 0 aliphatic carbocycles. The highest BCUT2D eigenvalue weighted by Crippen LogP contribution is 2.26. The van der Waals surface area contributed by atoms with Crippen LogP contribution in [0, 0.1) is 6.92 Å². The van der Waals surface area contributed by atoms with Gasteiger partial charge in [0, 0.05) is 37.3 Å². The quantitative estimate of drug-likeness (QED) is 0.697. The zero-order chi connectivity index (χ0) is 19.4. The van der Waals surface area contributed by atoms with Crippen LogP contribution in [0.2, 0.25) is 0 Å². The van der Waals surface area contributed by atoms with Crippen LogP contribution < -0.4 is 10.6 Å². The average Bonchev–Trinajstić information content (AvgIpc) is 3.06. The largest absolute Gasteiger partial charge is 0.387 e. The van der Waals surface area contributed by atoms with Gasteiger partial charge < -0.3 is 15.7 Å². The van der Waals surface area contributed by atoms with E-state index in [0.29, 0.717) is 26.1 Å². The summed E-state index contributed by atoms with van der Waals surface area (Å²) in [4.78, 5) is 30.7. The Kier molecular flexibility index (Phi) is 6.03. The highest BCUT2D eigenvalue weighted by Gasteiger charge is 2.37. The van der Waals surface area contributed by atoms with Crippen molar-refractivity contribution in [2.24, 2.45) is 0 Å². The van der Waals surface area contributed by atoms with Gasteiger partial charge in [0.2, 0.25) is 11.8 Å². The Hall–Kier alpha value is -2.51. The van der Waals surface area contributed by atoms with Crippen LogP contribution in [0.15, 0.2) is 30.5 Å². The number of fused-ring (bicyclic) bond motifs is 1. The molecule has 2 atom stereocenters. The molecule has 3 rings (SSSR count). The van der Waals surface area contributed by atoms with Crippen molar-refractivity contribution >= 4 is 22.7 Å². The van der Waals surface area contributed by atoms with Crippen LogP contribution in [0.4, 0.5) is 0 Å². The lowest BCUT2D eigenvalue weighted by atomic mass is 10.0. The third kappa shape index (κ3) is 4.26. The molecule has 1 saturated heterocycles. The van der Waals surface area contributed by atoms with Crippen molar-refractivity contribution in [1.29, 1.82) is 0 Å². The Morgan fingerprint density at radius 1 is 1.33 bits per heavy atom. The first-order valence-electron chi connectivity index (χ1n) is 9.28. The number of aliphatic hydroxyl groups excluding tert-OH is 1. The topological polar surface area (TPSA) is 94.6 Å². The highest BCUT2D eigenvalue weighted by atomic mass is 16.3. The number of carbonyl (C=O) groups excluding carboxylic acids is 2. The first kappa shape index (κ1) is 19.3. The van der Waals surface area contributed by atoms with Gasteiger partial charge in [-0.25, -0.2) is 0 Å². The third-order valence-electron chi connectivity index (χ3n) is 5.06. The molecule has 2 aromatic rings. The van der Waals surface area contributed by atoms with Crippen molar-refractivity contribution in [3.63, 3.8) is 0 Å². The Morgan fingerprint density at radius 3 is 2.89 bits per heavy atom. The van der Waals surface area contributed by atoms with Gasteiger partial charge in [-0.3, -0.25) is 19.5 Å². The molecular formula is C20H26N4O3. The summed E-state index contributed by atoms with van der Waals surface area (Å²) in [5, 5.41) is 15.8. The number of nitrogens with one attached hydrogen (secondary N) is 2. The van der Waals surface area contributed by atoms with Gasteiger partial charge in [-0.1, -0.05) is 12.1 Å². The summed E-state index contributed by atoms with van der Waals surface area (Å²) in [5.74, 6) is -0.448. The van der Waals surface area contributed by atoms with E-state index in [-0.39, 0.29) is 18.0 Å². The molecule has 3 N–H and O–H groups in total. The van der Waals surface area contributed by atoms with Crippen molar-refractivity contribution in [1.82, 2.24) is 20.5 Å². The summed E-state index contributed by atoms with van der Waals surface area (Å²) in [6.07, 6.45) is 2.30. The molecule has 1 aromatic heterocycles. The van der Waals surface area contributed by atoms with E-state index in [2.05, 4.69) is 27.4 Å².